The first-order valence-corrected chi connectivity index (χ1v) is 13.3. The highest BCUT2D eigenvalue weighted by Crippen LogP contribution is 2.69. The number of hydrogen-bond donors (Lipinski definition) is 0. The average Bonchev–Trinajstić information content (AvgIpc) is 3.30. The molecule has 0 aromatic rings. The van der Waals surface area contributed by atoms with Crippen LogP contribution in [0.1, 0.15) is 78.6 Å². The third kappa shape index (κ3) is 3.49. The van der Waals surface area contributed by atoms with E-state index in [0.717, 1.165) is 18.8 Å². The summed E-state index contributed by atoms with van der Waals surface area (Å²) in [6.07, 6.45) is 10.8. The van der Waals surface area contributed by atoms with Gasteiger partial charge in [-0.15, -0.1) is 0 Å². The highest BCUT2D eigenvalue weighted by molar-refractivity contribution is 6.52. The maximum absolute atomic E-state index is 12.6. The van der Waals surface area contributed by atoms with Crippen molar-refractivity contribution in [2.75, 3.05) is 13.2 Å². The van der Waals surface area contributed by atoms with Crippen LogP contribution >= 0.6 is 23.2 Å². The first-order chi connectivity index (χ1) is 14.7. The van der Waals surface area contributed by atoms with E-state index in [1.807, 2.05) is 0 Å². The van der Waals surface area contributed by atoms with E-state index < -0.39 is 16.6 Å². The molecule has 31 heavy (non-hydrogen) atoms. The van der Waals surface area contributed by atoms with E-state index in [0.29, 0.717) is 36.9 Å². The lowest BCUT2D eigenvalue weighted by Crippen LogP contribution is -2.60. The number of carbonyl (C=O) groups excluding carboxylic acids is 1. The molecule has 4 aliphatic carbocycles. The Kier molecular flexibility index (Phi) is 5.89. The molecule has 4 saturated carbocycles. The summed E-state index contributed by atoms with van der Waals surface area (Å²) in [5.41, 5.74) is 0.265. The highest BCUT2D eigenvalue weighted by Gasteiger charge is 2.66. The smallest absolute Gasteiger partial charge is 0.339 e. The van der Waals surface area contributed by atoms with E-state index in [1.165, 1.54) is 44.9 Å². The summed E-state index contributed by atoms with van der Waals surface area (Å²) in [6, 6.07) is 0. The molecule has 0 radical (unpaired) electrons. The lowest BCUT2D eigenvalue weighted by Gasteiger charge is -2.62. The van der Waals surface area contributed by atoms with E-state index >= 15 is 0 Å². The fourth-order valence-corrected chi connectivity index (χ4v) is 9.39. The first-order valence-electron chi connectivity index (χ1n) is 12.5. The largest absolute Gasteiger partial charge is 0.460 e. The Morgan fingerprint density at radius 2 is 1.71 bits per heavy atom. The fraction of sp³-hybridized carbons (Fsp3) is 0.960. The molecular formula is C25H38Cl2O4. The molecule has 5 aliphatic rings. The van der Waals surface area contributed by atoms with Crippen LogP contribution in [0.25, 0.3) is 0 Å². The minimum Gasteiger partial charge on any atom is -0.460 e. The number of rotatable bonds is 3. The molecule has 1 aliphatic heterocycles. The van der Waals surface area contributed by atoms with Gasteiger partial charge in [-0.05, 0) is 80.5 Å². The molecule has 0 N–H and O–H groups in total. The zero-order valence-corrected chi connectivity index (χ0v) is 20.7. The number of esters is 1. The van der Waals surface area contributed by atoms with E-state index in [2.05, 4.69) is 20.8 Å². The van der Waals surface area contributed by atoms with Gasteiger partial charge in [-0.3, -0.25) is 0 Å². The molecule has 0 aromatic carbocycles. The van der Waals surface area contributed by atoms with Crippen LogP contribution in [-0.4, -0.2) is 35.9 Å². The molecule has 0 spiro atoms. The number of halogens is 2. The first kappa shape index (κ1) is 22.7. The van der Waals surface area contributed by atoms with E-state index in [-0.39, 0.29) is 16.9 Å². The summed E-state index contributed by atoms with van der Waals surface area (Å²) in [6.45, 7) is 8.36. The number of carbonyl (C=O) groups is 1. The maximum Gasteiger partial charge on any atom is 0.339 e. The van der Waals surface area contributed by atoms with Crippen molar-refractivity contribution in [1.82, 2.24) is 0 Å². The summed E-state index contributed by atoms with van der Waals surface area (Å²) in [4.78, 5) is 11.5. The van der Waals surface area contributed by atoms with Crippen molar-refractivity contribution in [2.24, 2.45) is 40.4 Å². The molecule has 8 atom stereocenters. The molecule has 0 bridgehead atoms. The second-order valence-corrected chi connectivity index (χ2v) is 12.7. The average molecular weight is 473 g/mol. The van der Waals surface area contributed by atoms with Gasteiger partial charge in [-0.1, -0.05) is 49.9 Å². The number of hydrogen-bond acceptors (Lipinski definition) is 4. The summed E-state index contributed by atoms with van der Waals surface area (Å²) < 4.78 is 18.5. The highest BCUT2D eigenvalue weighted by atomic mass is 35.5. The summed E-state index contributed by atoms with van der Waals surface area (Å²) in [7, 11) is 0. The van der Waals surface area contributed by atoms with E-state index in [1.54, 1.807) is 0 Å². The Morgan fingerprint density at radius 1 is 0.968 bits per heavy atom. The van der Waals surface area contributed by atoms with Gasteiger partial charge in [0.05, 0.1) is 13.2 Å². The molecule has 1 saturated heterocycles. The van der Waals surface area contributed by atoms with Gasteiger partial charge in [0.25, 0.3) is 0 Å². The van der Waals surface area contributed by atoms with Crippen molar-refractivity contribution in [3.05, 3.63) is 0 Å². The molecule has 4 nitrogen and oxygen atoms in total. The molecule has 0 amide bonds. The van der Waals surface area contributed by atoms with Crippen LogP contribution in [0.3, 0.4) is 0 Å². The van der Waals surface area contributed by atoms with Gasteiger partial charge in [-0.25, -0.2) is 4.79 Å². The second kappa shape index (κ2) is 8.03. The molecule has 5 rings (SSSR count). The minimum absolute atomic E-state index is 0.0250. The molecule has 0 unspecified atom stereocenters. The zero-order chi connectivity index (χ0) is 22.0. The van der Waals surface area contributed by atoms with Crippen molar-refractivity contribution in [1.29, 1.82) is 0 Å². The summed E-state index contributed by atoms with van der Waals surface area (Å²) in [5, 5.41) is 0. The van der Waals surface area contributed by atoms with Crippen LogP contribution < -0.4 is 0 Å². The Morgan fingerprint density at radius 3 is 2.42 bits per heavy atom. The molecular weight excluding hydrogens is 435 g/mol. The van der Waals surface area contributed by atoms with Crippen molar-refractivity contribution < 1.29 is 19.0 Å². The van der Waals surface area contributed by atoms with E-state index in [4.69, 9.17) is 37.4 Å². The van der Waals surface area contributed by atoms with Gasteiger partial charge >= 0.3 is 5.97 Å². The second-order valence-electron chi connectivity index (χ2n) is 11.7. The van der Waals surface area contributed by atoms with Crippen LogP contribution in [-0.2, 0) is 19.0 Å². The SMILES string of the molecule is CC1([C@H]2CC[C@H]3[C@@H]4CC[C@H]5CCCC[C@]5(C)[C@H]4[C@@H](OC(=O)C(Cl)Cl)C[C@]23C)OCCO1. The predicted octanol–water partition coefficient (Wildman–Crippen LogP) is 6.12. The third-order valence-corrected chi connectivity index (χ3v) is 10.8. The fourth-order valence-electron chi connectivity index (χ4n) is 9.29. The number of fused-ring (bicyclic) bond motifs is 5. The predicted molar refractivity (Wildman–Crippen MR) is 121 cm³/mol. The van der Waals surface area contributed by atoms with Gasteiger partial charge in [0.1, 0.15) is 6.10 Å². The monoisotopic (exact) mass is 472 g/mol. The van der Waals surface area contributed by atoms with Crippen LogP contribution in [0.15, 0.2) is 0 Å². The molecule has 176 valence electrons. The molecule has 5 fully saturated rings. The Bertz CT molecular complexity index is 708. The minimum atomic E-state index is -1.12. The zero-order valence-electron chi connectivity index (χ0n) is 19.2. The van der Waals surface area contributed by atoms with Crippen LogP contribution in [0.2, 0.25) is 0 Å². The Labute approximate surface area is 197 Å². The molecule has 1 heterocycles. The standard InChI is InChI=1S/C25H38Cl2O4/c1-23-11-5-4-6-15(23)7-8-16-17-9-10-19(25(3)29-12-13-30-25)24(17,2)14-18(20(16)23)31-22(28)21(26)27/h15-21H,4-14H2,1-3H3/t15-,16+,17+,18+,19+,20-,23+,24+/m1/s1. The van der Waals surface area contributed by atoms with Crippen LogP contribution in [0.5, 0.6) is 0 Å². The maximum atomic E-state index is 12.6. The van der Waals surface area contributed by atoms with Crippen molar-refractivity contribution in [2.45, 2.75) is 95.3 Å². The van der Waals surface area contributed by atoms with Crippen molar-refractivity contribution >= 4 is 29.2 Å². The molecule has 0 aromatic heterocycles. The van der Waals surface area contributed by atoms with Gasteiger partial charge in [0, 0.05) is 11.8 Å². The third-order valence-electron chi connectivity index (χ3n) is 10.4. The van der Waals surface area contributed by atoms with Gasteiger partial charge in [-0.2, -0.15) is 0 Å². The quantitative estimate of drug-likeness (QED) is 0.366. The van der Waals surface area contributed by atoms with E-state index in [9.17, 15) is 4.79 Å². The summed E-state index contributed by atoms with van der Waals surface area (Å²) >= 11 is 11.9. The molecule has 6 heteroatoms. The number of ether oxygens (including phenoxy) is 3. The van der Waals surface area contributed by atoms with Gasteiger partial charge < -0.3 is 14.2 Å². The van der Waals surface area contributed by atoms with Gasteiger partial charge in [0.15, 0.2) is 5.79 Å². The van der Waals surface area contributed by atoms with Crippen molar-refractivity contribution in [3.63, 3.8) is 0 Å². The summed E-state index contributed by atoms with van der Waals surface area (Å²) in [5.74, 6) is 1.65. The number of alkyl halides is 2. The Hall–Kier alpha value is -0.0300. The topological polar surface area (TPSA) is 44.8 Å². The lowest BCUT2D eigenvalue weighted by molar-refractivity contribution is -0.235. The van der Waals surface area contributed by atoms with Gasteiger partial charge in [0.2, 0.25) is 4.84 Å². The van der Waals surface area contributed by atoms with Crippen LogP contribution in [0.4, 0.5) is 0 Å². The van der Waals surface area contributed by atoms with Crippen molar-refractivity contribution in [3.8, 4) is 0 Å². The van der Waals surface area contributed by atoms with Crippen LogP contribution in [0, 0.1) is 40.4 Å². The lowest BCUT2D eigenvalue weighted by atomic mass is 9.44. The normalized spacial score (nSPS) is 48.7. The Balaban J connectivity index is 1.52.